The molecule has 0 spiro atoms. The highest BCUT2D eigenvalue weighted by atomic mass is 32.2. The molecule has 0 N–H and O–H groups in total. The number of para-hydroxylation sites is 2. The lowest BCUT2D eigenvalue weighted by Gasteiger charge is -2.24. The predicted molar refractivity (Wildman–Crippen MR) is 85.8 cm³/mol. The number of carbonyl (C=O) groups excluding carboxylic acids is 1. The van der Waals surface area contributed by atoms with Crippen molar-refractivity contribution >= 4 is 26.8 Å². The van der Waals surface area contributed by atoms with Crippen LogP contribution >= 0.6 is 0 Å². The van der Waals surface area contributed by atoms with E-state index >= 15 is 0 Å². The molecule has 1 aliphatic rings. The lowest BCUT2D eigenvalue weighted by atomic mass is 10.2. The van der Waals surface area contributed by atoms with Crippen molar-refractivity contribution < 1.29 is 13.2 Å². The molecule has 1 saturated heterocycles. The summed E-state index contributed by atoms with van der Waals surface area (Å²) < 4.78 is 24.5. The van der Waals surface area contributed by atoms with Gasteiger partial charge in [0, 0.05) is 13.1 Å². The number of aromatic nitrogens is 2. The molecule has 2 heterocycles. The first-order chi connectivity index (χ1) is 10.9. The van der Waals surface area contributed by atoms with Gasteiger partial charge in [0.15, 0.2) is 9.84 Å². The molecule has 0 radical (unpaired) electrons. The maximum Gasteiger partial charge on any atom is 0.269 e. The maximum atomic E-state index is 12.5. The standard InChI is InChI=1S/C15H17N3O4S/c1-17(11-6-7-23(21,22)10-11)15(20)9-18-13-5-3-2-4-12(13)16-8-14(18)19/h2-5,8,11H,6-7,9-10H2,1H3/t11-/m1/s1. The zero-order valence-corrected chi connectivity index (χ0v) is 13.5. The third-order valence-electron chi connectivity index (χ3n) is 4.20. The molecule has 0 saturated carbocycles. The van der Waals surface area contributed by atoms with Gasteiger partial charge in [-0.15, -0.1) is 0 Å². The summed E-state index contributed by atoms with van der Waals surface area (Å²) in [5, 5.41) is 0. The predicted octanol–water partition coefficient (Wildman–Crippen LogP) is 0.0420. The third-order valence-corrected chi connectivity index (χ3v) is 5.95. The lowest BCUT2D eigenvalue weighted by Crippen LogP contribution is -2.41. The van der Waals surface area contributed by atoms with Crippen LogP contribution in [0.25, 0.3) is 11.0 Å². The molecule has 23 heavy (non-hydrogen) atoms. The van der Waals surface area contributed by atoms with E-state index in [1.807, 2.05) is 6.07 Å². The smallest absolute Gasteiger partial charge is 0.269 e. The van der Waals surface area contributed by atoms with Crippen molar-refractivity contribution in [3.63, 3.8) is 0 Å². The summed E-state index contributed by atoms with van der Waals surface area (Å²) in [4.78, 5) is 30.0. The normalized spacial score (nSPS) is 19.8. The average molecular weight is 335 g/mol. The summed E-state index contributed by atoms with van der Waals surface area (Å²) in [5.41, 5.74) is 0.858. The summed E-state index contributed by atoms with van der Waals surface area (Å²) in [6.45, 7) is -0.130. The van der Waals surface area contributed by atoms with Crippen LogP contribution < -0.4 is 5.56 Å². The van der Waals surface area contributed by atoms with Crippen molar-refractivity contribution in [1.29, 1.82) is 0 Å². The van der Waals surface area contributed by atoms with Crippen LogP contribution in [-0.2, 0) is 21.2 Å². The summed E-state index contributed by atoms with van der Waals surface area (Å²) >= 11 is 0. The van der Waals surface area contributed by atoms with Gasteiger partial charge in [0.1, 0.15) is 6.54 Å². The van der Waals surface area contributed by atoms with Gasteiger partial charge < -0.3 is 4.90 Å². The van der Waals surface area contributed by atoms with Crippen LogP contribution in [0.2, 0.25) is 0 Å². The molecule has 0 aliphatic carbocycles. The molecule has 1 atom stereocenters. The minimum absolute atomic E-state index is 0.0127. The Hall–Kier alpha value is -2.22. The van der Waals surface area contributed by atoms with Crippen LogP contribution in [-0.4, -0.2) is 53.4 Å². The summed E-state index contributed by atoms with van der Waals surface area (Å²) in [7, 11) is -1.48. The molecule has 8 heteroatoms. The largest absolute Gasteiger partial charge is 0.340 e. The van der Waals surface area contributed by atoms with E-state index < -0.39 is 9.84 Å². The van der Waals surface area contributed by atoms with Crippen molar-refractivity contribution in [2.45, 2.75) is 19.0 Å². The molecule has 2 aromatic rings. The van der Waals surface area contributed by atoms with Gasteiger partial charge in [0.2, 0.25) is 5.91 Å². The Labute approximate surface area is 133 Å². The van der Waals surface area contributed by atoms with Gasteiger partial charge in [-0.05, 0) is 18.6 Å². The Morgan fingerprint density at radius 3 is 2.83 bits per heavy atom. The van der Waals surface area contributed by atoms with E-state index in [1.165, 1.54) is 15.7 Å². The van der Waals surface area contributed by atoms with Crippen LogP contribution in [0.4, 0.5) is 0 Å². The molecule has 3 rings (SSSR count). The Morgan fingerprint density at radius 2 is 2.13 bits per heavy atom. The highest BCUT2D eigenvalue weighted by Gasteiger charge is 2.32. The second-order valence-corrected chi connectivity index (χ2v) is 7.96. The van der Waals surface area contributed by atoms with Crippen molar-refractivity contribution in [1.82, 2.24) is 14.5 Å². The first-order valence-corrected chi connectivity index (χ1v) is 9.10. The van der Waals surface area contributed by atoms with E-state index in [-0.39, 0.29) is 35.6 Å². The zero-order chi connectivity index (χ0) is 16.6. The van der Waals surface area contributed by atoms with Crippen molar-refractivity contribution in [2.75, 3.05) is 18.6 Å². The van der Waals surface area contributed by atoms with E-state index in [4.69, 9.17) is 0 Å². The van der Waals surface area contributed by atoms with Gasteiger partial charge in [0.05, 0.1) is 28.7 Å². The molecule has 1 aromatic carbocycles. The van der Waals surface area contributed by atoms with E-state index in [1.54, 1.807) is 25.2 Å². The molecule has 1 aliphatic heterocycles. The number of hydrogen-bond donors (Lipinski definition) is 0. The minimum Gasteiger partial charge on any atom is -0.340 e. The van der Waals surface area contributed by atoms with E-state index in [2.05, 4.69) is 4.98 Å². The van der Waals surface area contributed by atoms with Gasteiger partial charge >= 0.3 is 0 Å². The van der Waals surface area contributed by atoms with E-state index in [9.17, 15) is 18.0 Å². The van der Waals surface area contributed by atoms with Crippen molar-refractivity contribution in [3.05, 3.63) is 40.8 Å². The third kappa shape index (κ3) is 3.12. The van der Waals surface area contributed by atoms with E-state index in [0.29, 0.717) is 17.5 Å². The van der Waals surface area contributed by atoms with Crippen molar-refractivity contribution in [3.8, 4) is 0 Å². The molecular formula is C15H17N3O4S. The minimum atomic E-state index is -3.06. The average Bonchev–Trinajstić information content (AvgIpc) is 2.89. The summed E-state index contributed by atoms with van der Waals surface area (Å²) in [6.07, 6.45) is 1.63. The second kappa shape index (κ2) is 5.77. The quantitative estimate of drug-likeness (QED) is 0.790. The van der Waals surface area contributed by atoms with Gasteiger partial charge in [0.25, 0.3) is 5.56 Å². The Morgan fingerprint density at radius 1 is 1.39 bits per heavy atom. The van der Waals surface area contributed by atoms with Crippen LogP contribution in [0.1, 0.15) is 6.42 Å². The topological polar surface area (TPSA) is 89.3 Å². The SMILES string of the molecule is CN(C(=O)Cn1c(=O)cnc2ccccc21)[C@@H]1CCS(=O)(=O)C1. The Bertz CT molecular complexity index is 920. The van der Waals surface area contributed by atoms with Crippen LogP contribution in [0, 0.1) is 0 Å². The molecule has 0 bridgehead atoms. The number of nitrogens with zero attached hydrogens (tertiary/aromatic N) is 3. The number of carbonyl (C=O) groups is 1. The van der Waals surface area contributed by atoms with Crippen LogP contribution in [0.5, 0.6) is 0 Å². The molecule has 1 aromatic heterocycles. The highest BCUT2D eigenvalue weighted by Crippen LogP contribution is 2.17. The fraction of sp³-hybridized carbons (Fsp3) is 0.400. The van der Waals surface area contributed by atoms with Gasteiger partial charge in [-0.1, -0.05) is 12.1 Å². The maximum absolute atomic E-state index is 12.5. The van der Waals surface area contributed by atoms with Gasteiger partial charge in [-0.3, -0.25) is 14.2 Å². The summed E-state index contributed by atoms with van der Waals surface area (Å²) in [5.74, 6) is -0.195. The first-order valence-electron chi connectivity index (χ1n) is 7.28. The number of fused-ring (bicyclic) bond motifs is 1. The fourth-order valence-electron chi connectivity index (χ4n) is 2.81. The molecule has 1 fully saturated rings. The lowest BCUT2D eigenvalue weighted by molar-refractivity contribution is -0.132. The first kappa shape index (κ1) is 15.7. The second-order valence-electron chi connectivity index (χ2n) is 5.73. The monoisotopic (exact) mass is 335 g/mol. The number of benzene rings is 1. The molecule has 1 amide bonds. The summed E-state index contributed by atoms with van der Waals surface area (Å²) in [6, 6.07) is 6.76. The number of hydrogen-bond acceptors (Lipinski definition) is 5. The highest BCUT2D eigenvalue weighted by molar-refractivity contribution is 7.91. The number of likely N-dealkylation sites (N-methyl/N-ethyl adjacent to an activating group) is 1. The molecular weight excluding hydrogens is 318 g/mol. The fourth-order valence-corrected chi connectivity index (χ4v) is 4.58. The van der Waals surface area contributed by atoms with Crippen molar-refractivity contribution in [2.24, 2.45) is 0 Å². The molecule has 0 unspecified atom stereocenters. The molecule has 7 nitrogen and oxygen atoms in total. The number of amides is 1. The Balaban J connectivity index is 1.86. The number of rotatable bonds is 3. The van der Waals surface area contributed by atoms with E-state index in [0.717, 1.165) is 0 Å². The van der Waals surface area contributed by atoms with Gasteiger partial charge in [-0.2, -0.15) is 0 Å². The number of sulfone groups is 1. The van der Waals surface area contributed by atoms with Crippen LogP contribution in [0.3, 0.4) is 0 Å². The van der Waals surface area contributed by atoms with Gasteiger partial charge in [-0.25, -0.2) is 13.4 Å². The zero-order valence-electron chi connectivity index (χ0n) is 12.7. The Kier molecular flexibility index (Phi) is 3.93. The van der Waals surface area contributed by atoms with Crippen LogP contribution in [0.15, 0.2) is 35.3 Å². The molecule has 122 valence electrons.